The lowest BCUT2D eigenvalue weighted by molar-refractivity contribution is -0.141. The molecule has 1 heterocycles. The SMILES string of the molecule is CCOc1cccc([C@@H]2CN(C(=O)OCc3ccccc3)C[C@H]2C(=O)O)c1. The van der Waals surface area contributed by atoms with E-state index in [1.165, 1.54) is 4.90 Å². The molecular weight excluding hydrogens is 346 g/mol. The number of hydrogen-bond donors (Lipinski definition) is 1. The van der Waals surface area contributed by atoms with Crippen LogP contribution in [0.15, 0.2) is 54.6 Å². The van der Waals surface area contributed by atoms with Gasteiger partial charge in [0.05, 0.1) is 12.5 Å². The van der Waals surface area contributed by atoms with Crippen LogP contribution in [0.1, 0.15) is 24.0 Å². The van der Waals surface area contributed by atoms with Gasteiger partial charge in [-0.15, -0.1) is 0 Å². The van der Waals surface area contributed by atoms with Crippen LogP contribution in [-0.2, 0) is 16.1 Å². The molecule has 2 atom stereocenters. The average molecular weight is 369 g/mol. The molecule has 0 radical (unpaired) electrons. The first kappa shape index (κ1) is 18.8. The van der Waals surface area contributed by atoms with Crippen LogP contribution in [0.25, 0.3) is 0 Å². The molecule has 1 aliphatic rings. The number of hydrogen-bond acceptors (Lipinski definition) is 4. The highest BCUT2D eigenvalue weighted by Crippen LogP contribution is 2.34. The summed E-state index contributed by atoms with van der Waals surface area (Å²) in [4.78, 5) is 25.6. The summed E-state index contributed by atoms with van der Waals surface area (Å²) in [6.45, 7) is 3.03. The number of likely N-dealkylation sites (tertiary alicyclic amines) is 1. The number of benzene rings is 2. The van der Waals surface area contributed by atoms with Crippen molar-refractivity contribution in [1.82, 2.24) is 4.90 Å². The van der Waals surface area contributed by atoms with Crippen molar-refractivity contribution in [3.63, 3.8) is 0 Å². The Morgan fingerprint density at radius 3 is 2.59 bits per heavy atom. The summed E-state index contributed by atoms with van der Waals surface area (Å²) in [6.07, 6.45) is -0.492. The molecule has 1 aliphatic heterocycles. The van der Waals surface area contributed by atoms with Gasteiger partial charge in [0.1, 0.15) is 12.4 Å². The number of amides is 1. The van der Waals surface area contributed by atoms with E-state index in [0.717, 1.165) is 11.1 Å². The van der Waals surface area contributed by atoms with Crippen LogP contribution in [0.3, 0.4) is 0 Å². The number of carbonyl (C=O) groups is 2. The number of aliphatic carboxylic acids is 1. The van der Waals surface area contributed by atoms with Crippen molar-refractivity contribution in [2.75, 3.05) is 19.7 Å². The van der Waals surface area contributed by atoms with Crippen molar-refractivity contribution < 1.29 is 24.2 Å². The highest BCUT2D eigenvalue weighted by atomic mass is 16.6. The minimum absolute atomic E-state index is 0.131. The smallest absolute Gasteiger partial charge is 0.410 e. The third kappa shape index (κ3) is 4.58. The van der Waals surface area contributed by atoms with Gasteiger partial charge < -0.3 is 19.5 Å². The predicted molar refractivity (Wildman–Crippen MR) is 99.7 cm³/mol. The Morgan fingerprint density at radius 1 is 1.11 bits per heavy atom. The highest BCUT2D eigenvalue weighted by Gasteiger charge is 2.41. The van der Waals surface area contributed by atoms with E-state index in [1.54, 1.807) is 0 Å². The first-order chi connectivity index (χ1) is 13.1. The first-order valence-electron chi connectivity index (χ1n) is 8.99. The molecule has 2 aromatic rings. The second-order valence-electron chi connectivity index (χ2n) is 6.50. The summed E-state index contributed by atoms with van der Waals surface area (Å²) in [7, 11) is 0. The quantitative estimate of drug-likeness (QED) is 0.843. The fourth-order valence-electron chi connectivity index (χ4n) is 3.35. The monoisotopic (exact) mass is 369 g/mol. The van der Waals surface area contributed by atoms with E-state index in [-0.39, 0.29) is 19.1 Å². The van der Waals surface area contributed by atoms with Gasteiger partial charge in [0.25, 0.3) is 0 Å². The third-order valence-corrected chi connectivity index (χ3v) is 4.70. The standard InChI is InChI=1S/C21H23NO5/c1-2-26-17-10-6-9-16(11-17)18-12-22(13-19(18)20(23)24)21(25)27-14-15-7-4-3-5-8-15/h3-11,18-19H,2,12-14H2,1H3,(H,23,24)/t18-,19+/m0/s1. The molecule has 1 saturated heterocycles. The number of ether oxygens (including phenoxy) is 2. The van der Waals surface area contributed by atoms with Crippen molar-refractivity contribution in [3.05, 3.63) is 65.7 Å². The maximum atomic E-state index is 12.4. The van der Waals surface area contributed by atoms with Crippen LogP contribution in [0.2, 0.25) is 0 Å². The Kier molecular flexibility index (Phi) is 5.96. The van der Waals surface area contributed by atoms with E-state index in [0.29, 0.717) is 18.9 Å². The molecule has 0 aliphatic carbocycles. The van der Waals surface area contributed by atoms with E-state index >= 15 is 0 Å². The van der Waals surface area contributed by atoms with Crippen molar-refractivity contribution in [2.24, 2.45) is 5.92 Å². The Bertz CT molecular complexity index is 792. The number of carbonyl (C=O) groups excluding carboxylic acids is 1. The summed E-state index contributed by atoms with van der Waals surface area (Å²) in [5.74, 6) is -1.19. The molecule has 0 bridgehead atoms. The molecule has 0 saturated carbocycles. The molecule has 2 aromatic carbocycles. The minimum Gasteiger partial charge on any atom is -0.494 e. The van der Waals surface area contributed by atoms with Gasteiger partial charge in [-0.25, -0.2) is 4.79 Å². The lowest BCUT2D eigenvalue weighted by atomic mass is 9.89. The van der Waals surface area contributed by atoms with Crippen LogP contribution in [0.5, 0.6) is 5.75 Å². The molecule has 6 nitrogen and oxygen atoms in total. The zero-order valence-corrected chi connectivity index (χ0v) is 15.2. The lowest BCUT2D eigenvalue weighted by Gasteiger charge is -2.17. The van der Waals surface area contributed by atoms with E-state index in [4.69, 9.17) is 9.47 Å². The summed E-state index contributed by atoms with van der Waals surface area (Å²) in [6, 6.07) is 16.8. The van der Waals surface area contributed by atoms with E-state index in [2.05, 4.69) is 0 Å². The van der Waals surface area contributed by atoms with Crippen molar-refractivity contribution in [2.45, 2.75) is 19.4 Å². The summed E-state index contributed by atoms with van der Waals surface area (Å²) in [5.41, 5.74) is 1.74. The number of carboxylic acid groups (broad SMARTS) is 1. The van der Waals surface area contributed by atoms with Gasteiger partial charge >= 0.3 is 12.1 Å². The molecule has 0 aromatic heterocycles. The molecule has 3 rings (SSSR count). The van der Waals surface area contributed by atoms with Crippen LogP contribution < -0.4 is 4.74 Å². The van der Waals surface area contributed by atoms with Gasteiger partial charge in [0, 0.05) is 19.0 Å². The molecule has 27 heavy (non-hydrogen) atoms. The van der Waals surface area contributed by atoms with Crippen molar-refractivity contribution in [1.29, 1.82) is 0 Å². The van der Waals surface area contributed by atoms with Gasteiger partial charge in [-0.1, -0.05) is 42.5 Å². The van der Waals surface area contributed by atoms with E-state index in [9.17, 15) is 14.7 Å². The topological polar surface area (TPSA) is 76.1 Å². The zero-order valence-electron chi connectivity index (χ0n) is 15.2. The Labute approximate surface area is 158 Å². The summed E-state index contributed by atoms with van der Waals surface area (Å²) < 4.78 is 10.9. The molecular formula is C21H23NO5. The van der Waals surface area contributed by atoms with Gasteiger partial charge in [-0.05, 0) is 30.2 Å². The maximum Gasteiger partial charge on any atom is 0.410 e. The largest absolute Gasteiger partial charge is 0.494 e. The normalized spacial score (nSPS) is 18.9. The van der Waals surface area contributed by atoms with E-state index in [1.807, 2.05) is 61.5 Å². The molecule has 1 amide bonds. The Morgan fingerprint density at radius 2 is 1.89 bits per heavy atom. The Hall–Kier alpha value is -3.02. The van der Waals surface area contributed by atoms with Gasteiger partial charge in [-0.3, -0.25) is 4.79 Å². The minimum atomic E-state index is -0.917. The molecule has 1 fully saturated rings. The van der Waals surface area contributed by atoms with Crippen LogP contribution in [-0.4, -0.2) is 41.8 Å². The molecule has 0 spiro atoms. The van der Waals surface area contributed by atoms with Crippen molar-refractivity contribution >= 4 is 12.1 Å². The maximum absolute atomic E-state index is 12.4. The fourth-order valence-corrected chi connectivity index (χ4v) is 3.35. The molecule has 1 N–H and O–H groups in total. The average Bonchev–Trinajstić information content (AvgIpc) is 3.13. The zero-order chi connectivity index (χ0) is 19.2. The van der Waals surface area contributed by atoms with Gasteiger partial charge in [0.15, 0.2) is 0 Å². The second kappa shape index (κ2) is 8.58. The fraction of sp³-hybridized carbons (Fsp3) is 0.333. The van der Waals surface area contributed by atoms with Crippen molar-refractivity contribution in [3.8, 4) is 5.75 Å². The highest BCUT2D eigenvalue weighted by molar-refractivity contribution is 5.75. The second-order valence-corrected chi connectivity index (χ2v) is 6.50. The van der Waals surface area contributed by atoms with Gasteiger partial charge in [0.2, 0.25) is 0 Å². The summed E-state index contributed by atoms with van der Waals surface area (Å²) >= 11 is 0. The van der Waals surface area contributed by atoms with Crippen LogP contribution in [0, 0.1) is 5.92 Å². The summed E-state index contributed by atoms with van der Waals surface area (Å²) in [5, 5.41) is 9.62. The first-order valence-corrected chi connectivity index (χ1v) is 8.99. The Balaban J connectivity index is 1.70. The van der Waals surface area contributed by atoms with E-state index < -0.39 is 18.0 Å². The lowest BCUT2D eigenvalue weighted by Crippen LogP contribution is -2.30. The predicted octanol–water partition coefficient (Wildman–Crippen LogP) is 3.52. The molecule has 0 unspecified atom stereocenters. The number of carboxylic acids is 1. The van der Waals surface area contributed by atoms with Gasteiger partial charge in [-0.2, -0.15) is 0 Å². The molecule has 142 valence electrons. The number of rotatable bonds is 6. The van der Waals surface area contributed by atoms with Crippen LogP contribution in [0.4, 0.5) is 4.79 Å². The number of nitrogens with zero attached hydrogens (tertiary/aromatic N) is 1. The molecule has 6 heteroatoms. The van der Waals surface area contributed by atoms with Crippen LogP contribution >= 0.6 is 0 Å². The third-order valence-electron chi connectivity index (χ3n) is 4.70.